The Balaban J connectivity index is 1.94. The van der Waals surface area contributed by atoms with E-state index >= 15 is 0 Å². The molecule has 1 aliphatic carbocycles. The predicted octanol–water partition coefficient (Wildman–Crippen LogP) is 4.56. The van der Waals surface area contributed by atoms with Crippen molar-refractivity contribution in [3.63, 3.8) is 0 Å². The molecule has 0 bridgehead atoms. The molecule has 0 saturated heterocycles. The van der Waals surface area contributed by atoms with Crippen molar-refractivity contribution >= 4 is 11.5 Å². The first-order valence-electron chi connectivity index (χ1n) is 7.61. The first-order valence-corrected chi connectivity index (χ1v) is 7.61. The lowest BCUT2D eigenvalue weighted by Crippen LogP contribution is -2.14. The molecule has 0 saturated carbocycles. The summed E-state index contributed by atoms with van der Waals surface area (Å²) in [4.78, 5) is 14.9. The van der Waals surface area contributed by atoms with Gasteiger partial charge in [0.1, 0.15) is 0 Å². The van der Waals surface area contributed by atoms with Gasteiger partial charge in [-0.2, -0.15) is 0 Å². The minimum absolute atomic E-state index is 0.272. The molecular formula is C17H18N4O. The minimum atomic E-state index is 0.272. The van der Waals surface area contributed by atoms with Crippen LogP contribution < -0.4 is 0 Å². The van der Waals surface area contributed by atoms with E-state index in [0.717, 1.165) is 36.9 Å². The Kier molecular flexibility index (Phi) is 3.98. The number of rotatable bonds is 4. The van der Waals surface area contributed by atoms with Gasteiger partial charge in [-0.3, -0.25) is 4.79 Å². The zero-order chi connectivity index (χ0) is 15.5. The van der Waals surface area contributed by atoms with E-state index in [1.54, 1.807) is 0 Å². The van der Waals surface area contributed by atoms with Crippen molar-refractivity contribution in [3.05, 3.63) is 63.3 Å². The number of benzene rings is 1. The molecule has 3 rings (SSSR count). The molecule has 0 N–H and O–H groups in total. The van der Waals surface area contributed by atoms with Crippen LogP contribution in [0.3, 0.4) is 0 Å². The maximum absolute atomic E-state index is 12.1. The van der Waals surface area contributed by atoms with Crippen LogP contribution in [0.4, 0.5) is 5.69 Å². The number of carbonyl (C=O) groups excluding carboxylic acids is 1. The number of nitrogens with zero attached hydrogens (tertiary/aromatic N) is 4. The Morgan fingerprint density at radius 1 is 1.27 bits per heavy atom. The van der Waals surface area contributed by atoms with Crippen molar-refractivity contribution in [1.29, 1.82) is 0 Å². The molecule has 5 nitrogen and oxygen atoms in total. The fraction of sp³-hybridized carbons (Fsp3) is 0.353. The summed E-state index contributed by atoms with van der Waals surface area (Å²) in [6, 6.07) is 9.65. The lowest BCUT2D eigenvalue weighted by molar-refractivity contribution is 0.0972. The minimum Gasteiger partial charge on any atom is -0.344 e. The van der Waals surface area contributed by atoms with Crippen LogP contribution >= 0.6 is 0 Å². The van der Waals surface area contributed by atoms with Gasteiger partial charge in [-0.1, -0.05) is 36.3 Å². The molecular weight excluding hydrogens is 276 g/mol. The molecule has 0 unspecified atom stereocenters. The maximum Gasteiger partial charge on any atom is 0.164 e. The Labute approximate surface area is 129 Å². The Morgan fingerprint density at radius 3 is 2.73 bits per heavy atom. The van der Waals surface area contributed by atoms with Crippen LogP contribution in [-0.4, -0.2) is 10.4 Å². The van der Waals surface area contributed by atoms with Gasteiger partial charge in [-0.25, -0.2) is 0 Å². The molecule has 1 aromatic heterocycles. The zero-order valence-corrected chi connectivity index (χ0v) is 12.6. The highest BCUT2D eigenvalue weighted by Gasteiger charge is 2.23. The Bertz CT molecular complexity index is 752. The Hall–Kier alpha value is -2.52. The summed E-state index contributed by atoms with van der Waals surface area (Å²) in [6.45, 7) is 2.87. The van der Waals surface area contributed by atoms with Gasteiger partial charge in [0.15, 0.2) is 5.78 Å². The number of aryl methyl sites for hydroxylation is 1. The topological polar surface area (TPSA) is 70.8 Å². The largest absolute Gasteiger partial charge is 0.344 e. The summed E-state index contributed by atoms with van der Waals surface area (Å²) in [5.41, 5.74) is 13.5. The number of fused-ring (bicyclic) bond motifs is 1. The highest BCUT2D eigenvalue weighted by atomic mass is 16.1. The number of hydrogen-bond donors (Lipinski definition) is 0. The van der Waals surface area contributed by atoms with Crippen molar-refractivity contribution in [2.75, 3.05) is 0 Å². The van der Waals surface area contributed by atoms with E-state index < -0.39 is 0 Å². The molecule has 0 aliphatic heterocycles. The van der Waals surface area contributed by atoms with Gasteiger partial charge < -0.3 is 4.57 Å². The van der Waals surface area contributed by atoms with Crippen molar-refractivity contribution < 1.29 is 4.79 Å². The molecule has 1 aromatic carbocycles. The second-order valence-corrected chi connectivity index (χ2v) is 5.57. The number of hydrogen-bond acceptors (Lipinski definition) is 2. The van der Waals surface area contributed by atoms with Gasteiger partial charge in [0.05, 0.1) is 0 Å². The van der Waals surface area contributed by atoms with E-state index in [4.69, 9.17) is 5.53 Å². The zero-order valence-electron chi connectivity index (χ0n) is 12.6. The molecule has 0 spiro atoms. The SMILES string of the molecule is CCc1cc2c(n1Cc1ccc(N=[N+]=[N-])cc1)CCCC2=O. The smallest absolute Gasteiger partial charge is 0.164 e. The monoisotopic (exact) mass is 294 g/mol. The molecule has 22 heavy (non-hydrogen) atoms. The van der Waals surface area contributed by atoms with Crippen molar-refractivity contribution in [1.82, 2.24) is 4.57 Å². The number of aromatic nitrogens is 1. The standard InChI is InChI=1S/C17H18N4O/c1-2-14-10-15-16(4-3-5-17(15)22)21(14)11-12-6-8-13(9-7-12)19-20-18/h6-10H,2-5,11H2,1H3. The third-order valence-electron chi connectivity index (χ3n) is 4.21. The van der Waals surface area contributed by atoms with Crippen LogP contribution in [-0.2, 0) is 19.4 Å². The average molecular weight is 294 g/mol. The summed E-state index contributed by atoms with van der Waals surface area (Å²) >= 11 is 0. The van der Waals surface area contributed by atoms with Crippen molar-refractivity contribution in [3.8, 4) is 0 Å². The summed E-state index contributed by atoms with van der Waals surface area (Å²) in [7, 11) is 0. The molecule has 0 amide bonds. The molecule has 1 heterocycles. The lowest BCUT2D eigenvalue weighted by Gasteiger charge is -2.16. The average Bonchev–Trinajstić information content (AvgIpc) is 2.89. The number of carbonyl (C=O) groups is 1. The molecule has 112 valence electrons. The van der Waals surface area contributed by atoms with Crippen LogP contribution in [0.1, 0.15) is 47.1 Å². The number of azide groups is 1. The highest BCUT2D eigenvalue weighted by molar-refractivity contribution is 5.98. The second kappa shape index (κ2) is 6.08. The van der Waals surface area contributed by atoms with Crippen molar-refractivity contribution in [2.45, 2.75) is 39.2 Å². The summed E-state index contributed by atoms with van der Waals surface area (Å²) < 4.78 is 2.27. The van der Waals surface area contributed by atoms with Gasteiger partial charge in [0.2, 0.25) is 0 Å². The maximum atomic E-state index is 12.1. The van der Waals surface area contributed by atoms with Gasteiger partial charge in [-0.05, 0) is 36.4 Å². The number of Topliss-reactive ketones (excluding diaryl/α,β-unsaturated/α-hetero) is 1. The van der Waals surface area contributed by atoms with E-state index in [-0.39, 0.29) is 5.78 Å². The van der Waals surface area contributed by atoms with Crippen molar-refractivity contribution in [2.24, 2.45) is 5.11 Å². The molecule has 0 atom stereocenters. The summed E-state index contributed by atoms with van der Waals surface area (Å²) in [6.07, 6.45) is 3.49. The summed E-state index contributed by atoms with van der Waals surface area (Å²) in [5, 5.41) is 3.59. The molecule has 0 radical (unpaired) electrons. The van der Waals surface area contributed by atoms with E-state index in [2.05, 4.69) is 27.6 Å². The van der Waals surface area contributed by atoms with E-state index in [0.29, 0.717) is 12.1 Å². The fourth-order valence-corrected chi connectivity index (χ4v) is 3.10. The quantitative estimate of drug-likeness (QED) is 0.463. The third kappa shape index (κ3) is 2.63. The number of ketones is 1. The molecule has 0 fully saturated rings. The van der Waals surface area contributed by atoms with Crippen LogP contribution in [0.15, 0.2) is 35.4 Å². The van der Waals surface area contributed by atoms with E-state index in [1.807, 2.05) is 24.3 Å². The summed E-state index contributed by atoms with van der Waals surface area (Å²) in [5.74, 6) is 0.272. The lowest BCUT2D eigenvalue weighted by atomic mass is 9.96. The van der Waals surface area contributed by atoms with Gasteiger partial charge in [-0.15, -0.1) is 0 Å². The highest BCUT2D eigenvalue weighted by Crippen LogP contribution is 2.27. The van der Waals surface area contributed by atoms with Crippen LogP contribution in [0.25, 0.3) is 10.4 Å². The second-order valence-electron chi connectivity index (χ2n) is 5.57. The fourth-order valence-electron chi connectivity index (χ4n) is 3.10. The normalized spacial score (nSPS) is 13.6. The molecule has 1 aliphatic rings. The third-order valence-corrected chi connectivity index (χ3v) is 4.21. The Morgan fingerprint density at radius 2 is 2.05 bits per heavy atom. The predicted molar refractivity (Wildman–Crippen MR) is 85.4 cm³/mol. The molecule has 5 heteroatoms. The van der Waals surface area contributed by atoms with E-state index in [9.17, 15) is 4.79 Å². The first kappa shape index (κ1) is 14.4. The van der Waals surface area contributed by atoms with Gasteiger partial charge in [0, 0.05) is 40.5 Å². The first-order chi connectivity index (χ1) is 10.7. The van der Waals surface area contributed by atoms with Crippen LogP contribution in [0.5, 0.6) is 0 Å². The van der Waals surface area contributed by atoms with Crippen LogP contribution in [0, 0.1) is 0 Å². The molecule has 2 aromatic rings. The van der Waals surface area contributed by atoms with Crippen LogP contribution in [0.2, 0.25) is 0 Å². The van der Waals surface area contributed by atoms with Gasteiger partial charge >= 0.3 is 0 Å². The van der Waals surface area contributed by atoms with Gasteiger partial charge in [0.25, 0.3) is 0 Å². The van der Waals surface area contributed by atoms with E-state index in [1.165, 1.54) is 11.4 Å².